The smallest absolute Gasteiger partial charge is 0.223 e. The summed E-state index contributed by atoms with van der Waals surface area (Å²) >= 11 is 0. The van der Waals surface area contributed by atoms with E-state index in [0.717, 1.165) is 43.2 Å². The molecule has 4 nitrogen and oxygen atoms in total. The molecule has 1 amide bonds. The van der Waals surface area contributed by atoms with Crippen LogP contribution in [0.25, 0.3) is 23.6 Å². The predicted octanol–water partition coefficient (Wildman–Crippen LogP) is 5.13. The lowest BCUT2D eigenvalue weighted by molar-refractivity contribution is -0.127. The molecule has 1 aliphatic rings. The first-order chi connectivity index (χ1) is 15.8. The Morgan fingerprint density at radius 1 is 1.24 bits per heavy atom. The summed E-state index contributed by atoms with van der Waals surface area (Å²) in [5, 5.41) is 6.48. The second-order valence-electron chi connectivity index (χ2n) is 8.88. The third-order valence-corrected chi connectivity index (χ3v) is 5.53. The molecule has 1 fully saturated rings. The quantitative estimate of drug-likeness (QED) is 0.437. The van der Waals surface area contributed by atoms with E-state index in [1.807, 2.05) is 39.1 Å². The summed E-state index contributed by atoms with van der Waals surface area (Å²) in [7, 11) is 0. The van der Waals surface area contributed by atoms with Crippen LogP contribution in [-0.2, 0) is 11.3 Å². The maximum absolute atomic E-state index is 11.6. The van der Waals surface area contributed by atoms with Crippen molar-refractivity contribution in [1.82, 2.24) is 14.9 Å². The molecule has 33 heavy (non-hydrogen) atoms. The molecule has 4 heteroatoms. The van der Waals surface area contributed by atoms with Crippen LogP contribution in [-0.4, -0.2) is 22.0 Å². The number of hydrogen-bond acceptors (Lipinski definition) is 2. The van der Waals surface area contributed by atoms with Crippen molar-refractivity contribution in [2.45, 2.75) is 59.9 Å². The monoisotopic (exact) mass is 445 g/mol. The highest BCUT2D eigenvalue weighted by Gasteiger charge is 2.24. The van der Waals surface area contributed by atoms with Crippen molar-refractivity contribution >= 4 is 29.5 Å². The number of amides is 1. The van der Waals surface area contributed by atoms with E-state index in [9.17, 15) is 4.79 Å². The van der Waals surface area contributed by atoms with Crippen LogP contribution in [0.2, 0.25) is 0 Å². The average molecular weight is 446 g/mol. The first kappa shape index (κ1) is 26.1. The van der Waals surface area contributed by atoms with Crippen molar-refractivity contribution in [1.29, 1.82) is 0 Å². The summed E-state index contributed by atoms with van der Waals surface area (Å²) in [5.74, 6) is 0.535. The van der Waals surface area contributed by atoms with E-state index in [1.165, 1.54) is 28.2 Å². The zero-order valence-electron chi connectivity index (χ0n) is 20.7. The molecule has 1 aliphatic carbocycles. The summed E-state index contributed by atoms with van der Waals surface area (Å²) in [6.45, 7) is 17.3. The molecular formula is C29H39N3O. The van der Waals surface area contributed by atoms with Crippen molar-refractivity contribution < 1.29 is 4.79 Å². The van der Waals surface area contributed by atoms with E-state index < -0.39 is 0 Å². The largest absolute Gasteiger partial charge is 0.356 e. The lowest BCUT2D eigenvalue weighted by Gasteiger charge is -2.24. The molecule has 2 heterocycles. The Labute approximate surface area is 198 Å². The Balaban J connectivity index is 0.000000217. The van der Waals surface area contributed by atoms with Crippen LogP contribution in [0.15, 0.2) is 60.9 Å². The SMILES string of the molecule is C=C(C)C.C=c1/c(=C\C)ccn1CCCNC(=O)C1CCC1.Cc1ccc2ncccc2c1. The molecular weight excluding hydrogens is 406 g/mol. The normalized spacial score (nSPS) is 13.3. The van der Waals surface area contributed by atoms with E-state index in [1.54, 1.807) is 0 Å². The number of aromatic nitrogens is 2. The number of nitrogens with zero attached hydrogens (tertiary/aromatic N) is 2. The van der Waals surface area contributed by atoms with E-state index >= 15 is 0 Å². The Morgan fingerprint density at radius 3 is 2.58 bits per heavy atom. The van der Waals surface area contributed by atoms with Crippen LogP contribution >= 0.6 is 0 Å². The molecule has 0 radical (unpaired) electrons. The number of fused-ring (bicyclic) bond motifs is 1. The van der Waals surface area contributed by atoms with Crippen molar-refractivity contribution in [2.75, 3.05) is 6.54 Å². The van der Waals surface area contributed by atoms with Gasteiger partial charge in [0.15, 0.2) is 0 Å². The lowest BCUT2D eigenvalue weighted by Crippen LogP contribution is -2.35. The molecule has 0 unspecified atom stereocenters. The summed E-state index contributed by atoms with van der Waals surface area (Å²) < 4.78 is 2.14. The van der Waals surface area contributed by atoms with Gasteiger partial charge in [-0.25, -0.2) is 0 Å². The highest BCUT2D eigenvalue weighted by molar-refractivity contribution is 5.79. The maximum Gasteiger partial charge on any atom is 0.223 e. The van der Waals surface area contributed by atoms with Gasteiger partial charge in [-0.3, -0.25) is 9.78 Å². The third-order valence-electron chi connectivity index (χ3n) is 5.53. The van der Waals surface area contributed by atoms with E-state index in [0.29, 0.717) is 5.92 Å². The molecule has 0 atom stereocenters. The van der Waals surface area contributed by atoms with E-state index in [4.69, 9.17) is 0 Å². The molecule has 0 aliphatic heterocycles. The van der Waals surface area contributed by atoms with Gasteiger partial charge < -0.3 is 9.88 Å². The number of allylic oxidation sites excluding steroid dienone is 1. The average Bonchev–Trinajstić information content (AvgIpc) is 3.09. The zero-order chi connectivity index (χ0) is 24.2. The number of hydrogen-bond donors (Lipinski definition) is 1. The molecule has 0 spiro atoms. The van der Waals surface area contributed by atoms with Gasteiger partial charge in [-0.05, 0) is 76.4 Å². The number of aryl methyl sites for hydroxylation is 2. The van der Waals surface area contributed by atoms with Gasteiger partial charge in [0, 0.05) is 42.1 Å². The lowest BCUT2D eigenvalue weighted by atomic mass is 9.85. The minimum atomic E-state index is 0.242. The Hall–Kier alpha value is -3.14. The second kappa shape index (κ2) is 13.4. The molecule has 176 valence electrons. The van der Waals surface area contributed by atoms with Crippen molar-refractivity contribution in [2.24, 2.45) is 5.92 Å². The maximum atomic E-state index is 11.6. The molecule has 2 aromatic heterocycles. The molecule has 3 aromatic rings. The van der Waals surface area contributed by atoms with Gasteiger partial charge in [0.25, 0.3) is 0 Å². The zero-order valence-corrected chi connectivity index (χ0v) is 20.7. The van der Waals surface area contributed by atoms with E-state index in [-0.39, 0.29) is 5.91 Å². The van der Waals surface area contributed by atoms with Crippen molar-refractivity contribution in [3.63, 3.8) is 0 Å². The molecule has 0 saturated heterocycles. The van der Waals surface area contributed by atoms with Crippen molar-refractivity contribution in [3.05, 3.63) is 77.1 Å². The Morgan fingerprint density at radius 2 is 1.97 bits per heavy atom. The van der Waals surface area contributed by atoms with Gasteiger partial charge in [-0.15, -0.1) is 6.58 Å². The fourth-order valence-corrected chi connectivity index (χ4v) is 3.47. The van der Waals surface area contributed by atoms with Gasteiger partial charge in [-0.1, -0.05) is 42.3 Å². The number of benzene rings is 1. The standard InChI is InChI=1S/C15H22N2O.C10H9N.C4H8/c1-3-13-8-11-17(12(13)2)10-5-9-16-15(18)14-6-4-7-14;1-8-4-5-10-9(7-8)3-2-6-11-10;1-4(2)3/h3,8,11,14H,2,4-7,9-10H2,1H3,(H,16,18);2-7H,1H3;1H2,2-3H3/b13-3-;;. The Bertz CT molecular complexity index is 1150. The molecule has 4 rings (SSSR count). The second-order valence-corrected chi connectivity index (χ2v) is 8.88. The molecule has 1 saturated carbocycles. The van der Waals surface area contributed by atoms with Gasteiger partial charge in [0.1, 0.15) is 0 Å². The number of carbonyl (C=O) groups is 1. The number of pyridine rings is 1. The summed E-state index contributed by atoms with van der Waals surface area (Å²) in [4.78, 5) is 15.8. The first-order valence-corrected chi connectivity index (χ1v) is 11.8. The fourth-order valence-electron chi connectivity index (χ4n) is 3.47. The van der Waals surface area contributed by atoms with Gasteiger partial charge >= 0.3 is 0 Å². The first-order valence-electron chi connectivity index (χ1n) is 11.8. The number of rotatable bonds is 5. The Kier molecular flexibility index (Phi) is 10.6. The predicted molar refractivity (Wildman–Crippen MR) is 141 cm³/mol. The number of nitrogens with one attached hydrogen (secondary N) is 1. The van der Waals surface area contributed by atoms with Crippen LogP contribution in [0, 0.1) is 12.8 Å². The van der Waals surface area contributed by atoms with Crippen molar-refractivity contribution in [3.8, 4) is 0 Å². The van der Waals surface area contributed by atoms with E-state index in [2.05, 4.69) is 71.5 Å². The highest BCUT2D eigenvalue weighted by atomic mass is 16.1. The van der Waals surface area contributed by atoms with Gasteiger partial charge in [-0.2, -0.15) is 0 Å². The van der Waals surface area contributed by atoms with Crippen LogP contribution in [0.1, 0.15) is 52.0 Å². The van der Waals surface area contributed by atoms with Crippen LogP contribution < -0.4 is 15.9 Å². The molecule has 1 aromatic carbocycles. The van der Waals surface area contributed by atoms with Crippen LogP contribution in [0.5, 0.6) is 0 Å². The van der Waals surface area contributed by atoms with Crippen LogP contribution in [0.4, 0.5) is 0 Å². The van der Waals surface area contributed by atoms with Gasteiger partial charge in [0.2, 0.25) is 5.91 Å². The summed E-state index contributed by atoms with van der Waals surface area (Å²) in [6.07, 6.45) is 10.3. The minimum absolute atomic E-state index is 0.242. The summed E-state index contributed by atoms with van der Waals surface area (Å²) in [6, 6.07) is 12.4. The highest BCUT2D eigenvalue weighted by Crippen LogP contribution is 2.26. The topological polar surface area (TPSA) is 46.9 Å². The molecule has 1 N–H and O–H groups in total. The van der Waals surface area contributed by atoms with Gasteiger partial charge in [0.05, 0.1) is 5.52 Å². The molecule has 0 bridgehead atoms. The fraction of sp³-hybridized carbons (Fsp3) is 0.379. The minimum Gasteiger partial charge on any atom is -0.356 e. The number of carbonyl (C=O) groups excluding carboxylic acids is 1. The van der Waals surface area contributed by atoms with Crippen LogP contribution in [0.3, 0.4) is 0 Å². The summed E-state index contributed by atoms with van der Waals surface area (Å²) in [5.41, 5.74) is 3.52. The third kappa shape index (κ3) is 8.72.